The molecule has 1 unspecified atom stereocenters. The first-order valence-electron chi connectivity index (χ1n) is 6.62. The summed E-state index contributed by atoms with van der Waals surface area (Å²) in [5.41, 5.74) is 0.722. The number of alkyl halides is 2. The Morgan fingerprint density at radius 3 is 2.75 bits per heavy atom. The maximum absolute atomic E-state index is 13.5. The van der Waals surface area contributed by atoms with Gasteiger partial charge < -0.3 is 9.88 Å². The van der Waals surface area contributed by atoms with Gasteiger partial charge in [-0.3, -0.25) is 0 Å². The molecule has 2 rings (SSSR count). The number of rotatable bonds is 6. The van der Waals surface area contributed by atoms with E-state index in [1.807, 2.05) is 17.7 Å². The molecule has 5 heteroatoms. The van der Waals surface area contributed by atoms with Gasteiger partial charge in [0.05, 0.1) is 6.33 Å². The van der Waals surface area contributed by atoms with Gasteiger partial charge in [0.1, 0.15) is 0 Å². The number of nitrogens with zero attached hydrogens (tertiary/aromatic N) is 2. The van der Waals surface area contributed by atoms with Crippen molar-refractivity contribution >= 4 is 0 Å². The van der Waals surface area contributed by atoms with Crippen LogP contribution in [-0.4, -0.2) is 15.6 Å². The van der Waals surface area contributed by atoms with E-state index in [0.717, 1.165) is 13.5 Å². The van der Waals surface area contributed by atoms with E-state index >= 15 is 0 Å². The fourth-order valence-electron chi connectivity index (χ4n) is 2.16. The SMILES string of the molecule is CC(Cn1ccnc1)NCc1ccccc1C(C)(F)F. The summed E-state index contributed by atoms with van der Waals surface area (Å²) >= 11 is 0. The number of hydrogen-bond acceptors (Lipinski definition) is 2. The standard InChI is InChI=1S/C15H19F2N3/c1-12(10-20-8-7-18-11-20)19-9-13-5-3-4-6-14(13)15(2,16)17/h3-8,11-12,19H,9-10H2,1-2H3. The molecule has 0 aliphatic heterocycles. The van der Waals surface area contributed by atoms with Gasteiger partial charge >= 0.3 is 0 Å². The molecule has 1 aromatic heterocycles. The summed E-state index contributed by atoms with van der Waals surface area (Å²) in [5, 5.41) is 3.27. The Hall–Kier alpha value is -1.75. The highest BCUT2D eigenvalue weighted by atomic mass is 19.3. The zero-order valence-electron chi connectivity index (χ0n) is 11.7. The minimum atomic E-state index is -2.81. The number of halogens is 2. The lowest BCUT2D eigenvalue weighted by atomic mass is 10.0. The van der Waals surface area contributed by atoms with Gasteiger partial charge in [0.2, 0.25) is 0 Å². The maximum atomic E-state index is 13.5. The minimum absolute atomic E-state index is 0.0855. The minimum Gasteiger partial charge on any atom is -0.336 e. The van der Waals surface area contributed by atoms with Crippen LogP contribution >= 0.6 is 0 Å². The van der Waals surface area contributed by atoms with Crippen LogP contribution in [0.1, 0.15) is 25.0 Å². The normalized spacial score (nSPS) is 13.4. The molecule has 1 heterocycles. The van der Waals surface area contributed by atoms with Crippen LogP contribution in [0.4, 0.5) is 8.78 Å². The van der Waals surface area contributed by atoms with Crippen LogP contribution in [0.25, 0.3) is 0 Å². The van der Waals surface area contributed by atoms with E-state index < -0.39 is 5.92 Å². The summed E-state index contributed by atoms with van der Waals surface area (Å²) in [5.74, 6) is -2.81. The van der Waals surface area contributed by atoms with E-state index in [1.54, 1.807) is 30.7 Å². The highest BCUT2D eigenvalue weighted by Crippen LogP contribution is 2.29. The number of benzene rings is 1. The number of nitrogens with one attached hydrogen (secondary N) is 1. The molecule has 0 saturated heterocycles. The van der Waals surface area contributed by atoms with Crippen molar-refractivity contribution in [3.05, 3.63) is 54.1 Å². The van der Waals surface area contributed by atoms with Gasteiger partial charge in [-0.25, -0.2) is 13.8 Å². The summed E-state index contributed by atoms with van der Waals surface area (Å²) < 4.78 is 29.0. The van der Waals surface area contributed by atoms with Crippen LogP contribution in [0.15, 0.2) is 43.0 Å². The van der Waals surface area contributed by atoms with Gasteiger partial charge in [-0.1, -0.05) is 24.3 Å². The second-order valence-corrected chi connectivity index (χ2v) is 5.09. The zero-order valence-corrected chi connectivity index (χ0v) is 11.7. The van der Waals surface area contributed by atoms with E-state index in [2.05, 4.69) is 10.3 Å². The summed E-state index contributed by atoms with van der Waals surface area (Å²) in [7, 11) is 0. The average Bonchev–Trinajstić information content (AvgIpc) is 2.88. The molecule has 1 N–H and O–H groups in total. The topological polar surface area (TPSA) is 29.9 Å². The van der Waals surface area contributed by atoms with Crippen LogP contribution < -0.4 is 5.32 Å². The second kappa shape index (κ2) is 6.13. The summed E-state index contributed by atoms with van der Waals surface area (Å²) in [6, 6.07) is 6.82. The van der Waals surface area contributed by atoms with Gasteiger partial charge in [0.15, 0.2) is 0 Å². The molecule has 1 aromatic carbocycles. The molecular weight excluding hydrogens is 260 g/mol. The van der Waals surface area contributed by atoms with Crippen molar-refractivity contribution < 1.29 is 8.78 Å². The predicted octanol–water partition coefficient (Wildman–Crippen LogP) is 3.17. The lowest BCUT2D eigenvalue weighted by molar-refractivity contribution is 0.0164. The van der Waals surface area contributed by atoms with Crippen LogP contribution in [0, 0.1) is 0 Å². The van der Waals surface area contributed by atoms with E-state index in [-0.39, 0.29) is 11.6 Å². The first kappa shape index (κ1) is 14.7. The van der Waals surface area contributed by atoms with Crippen molar-refractivity contribution in [2.24, 2.45) is 0 Å². The first-order valence-corrected chi connectivity index (χ1v) is 6.62. The van der Waals surface area contributed by atoms with Gasteiger partial charge in [0.25, 0.3) is 5.92 Å². The molecule has 0 saturated carbocycles. The number of aromatic nitrogens is 2. The van der Waals surface area contributed by atoms with Crippen LogP contribution in [-0.2, 0) is 19.0 Å². The quantitative estimate of drug-likeness (QED) is 0.880. The Morgan fingerprint density at radius 2 is 2.10 bits per heavy atom. The maximum Gasteiger partial charge on any atom is 0.270 e. The van der Waals surface area contributed by atoms with Crippen LogP contribution in [0.3, 0.4) is 0 Å². The van der Waals surface area contributed by atoms with Gasteiger partial charge in [-0.15, -0.1) is 0 Å². The molecule has 1 atom stereocenters. The van der Waals surface area contributed by atoms with Crippen LogP contribution in [0.5, 0.6) is 0 Å². The Labute approximate surface area is 117 Å². The summed E-state index contributed by atoms with van der Waals surface area (Å²) in [6.07, 6.45) is 5.35. The van der Waals surface area contributed by atoms with Crippen molar-refractivity contribution in [3.63, 3.8) is 0 Å². The third-order valence-electron chi connectivity index (χ3n) is 3.18. The van der Waals surface area contributed by atoms with Crippen LogP contribution in [0.2, 0.25) is 0 Å². The highest BCUT2D eigenvalue weighted by Gasteiger charge is 2.26. The van der Waals surface area contributed by atoms with Gasteiger partial charge in [-0.2, -0.15) is 0 Å². The smallest absolute Gasteiger partial charge is 0.270 e. The highest BCUT2D eigenvalue weighted by molar-refractivity contribution is 5.30. The Bertz CT molecular complexity index is 532. The molecule has 0 bridgehead atoms. The van der Waals surface area contributed by atoms with Crippen molar-refractivity contribution in [3.8, 4) is 0 Å². The molecule has 0 fully saturated rings. The van der Waals surface area contributed by atoms with Gasteiger partial charge in [-0.05, 0) is 12.5 Å². The molecule has 2 aromatic rings. The van der Waals surface area contributed by atoms with Crippen molar-refractivity contribution in [1.82, 2.24) is 14.9 Å². The molecule has 0 amide bonds. The third-order valence-corrected chi connectivity index (χ3v) is 3.18. The van der Waals surface area contributed by atoms with E-state index in [4.69, 9.17) is 0 Å². The fraction of sp³-hybridized carbons (Fsp3) is 0.400. The van der Waals surface area contributed by atoms with Crippen molar-refractivity contribution in [1.29, 1.82) is 0 Å². The average molecular weight is 279 g/mol. The first-order chi connectivity index (χ1) is 9.47. The third kappa shape index (κ3) is 3.87. The Kier molecular flexibility index (Phi) is 4.49. The molecule has 0 spiro atoms. The predicted molar refractivity (Wildman–Crippen MR) is 74.5 cm³/mol. The van der Waals surface area contributed by atoms with E-state index in [0.29, 0.717) is 12.1 Å². The Morgan fingerprint density at radius 1 is 1.35 bits per heavy atom. The molecule has 108 valence electrons. The summed E-state index contributed by atoms with van der Waals surface area (Å²) in [6.45, 7) is 4.13. The van der Waals surface area contributed by atoms with Gasteiger partial charge in [0, 0.05) is 44.0 Å². The van der Waals surface area contributed by atoms with Crippen molar-refractivity contribution in [2.45, 2.75) is 38.9 Å². The Balaban J connectivity index is 1.97. The summed E-state index contributed by atoms with van der Waals surface area (Å²) in [4.78, 5) is 3.98. The molecular formula is C15H19F2N3. The van der Waals surface area contributed by atoms with E-state index in [9.17, 15) is 8.78 Å². The van der Waals surface area contributed by atoms with Crippen molar-refractivity contribution in [2.75, 3.05) is 0 Å². The number of imidazole rings is 1. The van der Waals surface area contributed by atoms with E-state index in [1.165, 1.54) is 6.07 Å². The molecule has 0 radical (unpaired) electrons. The number of hydrogen-bond donors (Lipinski definition) is 1. The monoisotopic (exact) mass is 279 g/mol. The largest absolute Gasteiger partial charge is 0.336 e. The lowest BCUT2D eigenvalue weighted by Crippen LogP contribution is -2.30. The molecule has 20 heavy (non-hydrogen) atoms. The molecule has 0 aliphatic rings. The fourth-order valence-corrected chi connectivity index (χ4v) is 2.16. The second-order valence-electron chi connectivity index (χ2n) is 5.09. The molecule has 3 nitrogen and oxygen atoms in total. The zero-order chi connectivity index (χ0) is 14.6. The molecule has 0 aliphatic carbocycles. The lowest BCUT2D eigenvalue weighted by Gasteiger charge is -2.19.